The monoisotopic (exact) mass is 584 g/mol. The smallest absolute Gasteiger partial charge is 0.270 e. The molecule has 38 heavy (non-hydrogen) atoms. The molecule has 0 saturated carbocycles. The number of para-hydroxylation sites is 1. The second kappa shape index (κ2) is 11.3. The molecule has 0 bridgehead atoms. The molecule has 1 heterocycles. The Hall–Kier alpha value is -3.81. The van der Waals surface area contributed by atoms with Crippen molar-refractivity contribution in [2.24, 2.45) is 0 Å². The lowest BCUT2D eigenvalue weighted by Crippen LogP contribution is -2.56. The van der Waals surface area contributed by atoms with E-state index < -0.39 is 11.8 Å². The van der Waals surface area contributed by atoms with Gasteiger partial charge in [0.1, 0.15) is 17.9 Å². The number of rotatable bonds is 7. The highest BCUT2D eigenvalue weighted by Gasteiger charge is 2.40. The molecular weight excluding hydrogens is 560 g/mol. The van der Waals surface area contributed by atoms with Gasteiger partial charge in [0.25, 0.3) is 11.8 Å². The van der Waals surface area contributed by atoms with Gasteiger partial charge in [0, 0.05) is 16.6 Å². The Labute approximate surface area is 235 Å². The van der Waals surface area contributed by atoms with Crippen LogP contribution in [0.15, 0.2) is 101 Å². The Bertz CT molecular complexity index is 1550. The number of amides is 2. The topological polar surface area (TPSA) is 49.9 Å². The zero-order valence-electron chi connectivity index (χ0n) is 20.8. The van der Waals surface area contributed by atoms with E-state index in [1.165, 1.54) is 9.80 Å². The van der Waals surface area contributed by atoms with E-state index in [2.05, 4.69) is 15.9 Å². The Morgan fingerprint density at radius 2 is 1.58 bits per heavy atom. The third-order valence-corrected chi connectivity index (χ3v) is 7.25. The molecule has 7 heteroatoms. The highest BCUT2D eigenvalue weighted by Crippen LogP contribution is 2.33. The van der Waals surface area contributed by atoms with Gasteiger partial charge in [-0.3, -0.25) is 19.4 Å². The number of carbonyl (C=O) groups is 2. The van der Waals surface area contributed by atoms with Crippen LogP contribution in [0.4, 0.5) is 5.69 Å². The fraction of sp³-hybridized carbons (Fsp3) is 0.129. The predicted molar refractivity (Wildman–Crippen MR) is 159 cm³/mol. The summed E-state index contributed by atoms with van der Waals surface area (Å²) in [6, 6.07) is 28.8. The number of benzene rings is 4. The molecule has 1 saturated heterocycles. The quantitative estimate of drug-likeness (QED) is 0.132. The van der Waals surface area contributed by atoms with Gasteiger partial charge >= 0.3 is 0 Å². The van der Waals surface area contributed by atoms with Crippen molar-refractivity contribution in [2.75, 3.05) is 11.4 Å². The highest BCUT2D eigenvalue weighted by molar-refractivity contribution is 9.10. The number of anilines is 1. The minimum absolute atomic E-state index is 0.0424. The number of carbonyl (C=O) groups excluding carboxylic acids is 2. The summed E-state index contributed by atoms with van der Waals surface area (Å²) in [4.78, 5) is 30.4. The molecule has 0 unspecified atom stereocenters. The van der Waals surface area contributed by atoms with E-state index in [-0.39, 0.29) is 10.7 Å². The van der Waals surface area contributed by atoms with Gasteiger partial charge in [-0.05, 0) is 71.4 Å². The molecule has 2 amide bonds. The molecular formula is C31H25BrN2O3S. The molecule has 190 valence electrons. The summed E-state index contributed by atoms with van der Waals surface area (Å²) in [5.74, 6) is -0.271. The normalized spacial score (nSPS) is 15.0. The largest absolute Gasteiger partial charge is 0.488 e. The standard InChI is InChI=1S/C31H25BrN2O3S/c1-2-18-33-29(35)27(30(36)34(31(33)38)24-9-4-3-5-10-24)19-26-25-11-7-6-8-22(25)14-17-28(26)37-20-21-12-15-23(32)16-13-21/h3-17,19H,2,18,20H2,1H3. The SMILES string of the molecule is CCCN1C(=O)C(=Cc2c(OCc3ccc(Br)cc3)ccc3ccccc23)C(=O)N(c2ccccc2)C1=S. The summed E-state index contributed by atoms with van der Waals surface area (Å²) in [5, 5.41) is 2.05. The van der Waals surface area contributed by atoms with Crippen molar-refractivity contribution in [3.05, 3.63) is 112 Å². The number of halogens is 1. The fourth-order valence-corrected chi connectivity index (χ4v) is 5.06. The predicted octanol–water partition coefficient (Wildman–Crippen LogP) is 7.14. The summed E-state index contributed by atoms with van der Waals surface area (Å²) in [6.07, 6.45) is 2.36. The molecule has 0 N–H and O–H groups in total. The number of hydrogen-bond acceptors (Lipinski definition) is 4. The zero-order chi connectivity index (χ0) is 26.6. The van der Waals surface area contributed by atoms with Crippen molar-refractivity contribution in [1.29, 1.82) is 0 Å². The van der Waals surface area contributed by atoms with Gasteiger partial charge in [0.2, 0.25) is 0 Å². The first-order valence-electron chi connectivity index (χ1n) is 12.3. The van der Waals surface area contributed by atoms with Crippen molar-refractivity contribution in [1.82, 2.24) is 4.90 Å². The molecule has 0 radical (unpaired) electrons. The van der Waals surface area contributed by atoms with Gasteiger partial charge in [-0.25, -0.2) is 0 Å². The molecule has 0 aromatic heterocycles. The summed E-state index contributed by atoms with van der Waals surface area (Å²) in [5.41, 5.74) is 2.33. The average molecular weight is 586 g/mol. The van der Waals surface area contributed by atoms with Crippen LogP contribution in [-0.2, 0) is 16.2 Å². The van der Waals surface area contributed by atoms with E-state index in [0.717, 1.165) is 20.8 Å². The number of hydrogen-bond donors (Lipinski definition) is 0. The zero-order valence-corrected chi connectivity index (χ0v) is 23.2. The average Bonchev–Trinajstić information content (AvgIpc) is 2.94. The first kappa shape index (κ1) is 25.8. The number of thiocarbonyl (C=S) groups is 1. The molecule has 1 aliphatic rings. The van der Waals surface area contributed by atoms with Gasteiger partial charge < -0.3 is 4.74 Å². The first-order valence-corrected chi connectivity index (χ1v) is 13.5. The lowest BCUT2D eigenvalue weighted by atomic mass is 9.99. The number of fused-ring (bicyclic) bond motifs is 1. The summed E-state index contributed by atoms with van der Waals surface area (Å²) in [6.45, 7) is 2.72. The maximum Gasteiger partial charge on any atom is 0.270 e. The minimum Gasteiger partial charge on any atom is -0.488 e. The van der Waals surface area contributed by atoms with E-state index >= 15 is 0 Å². The Balaban J connectivity index is 1.62. The van der Waals surface area contributed by atoms with Gasteiger partial charge in [-0.1, -0.05) is 83.5 Å². The molecule has 4 aromatic rings. The molecule has 5 nitrogen and oxygen atoms in total. The van der Waals surface area contributed by atoms with Gasteiger partial charge in [0.15, 0.2) is 5.11 Å². The van der Waals surface area contributed by atoms with Crippen LogP contribution in [0.1, 0.15) is 24.5 Å². The molecule has 1 aliphatic heterocycles. The Kier molecular flexibility index (Phi) is 7.67. The summed E-state index contributed by atoms with van der Waals surface area (Å²) in [7, 11) is 0. The highest BCUT2D eigenvalue weighted by atomic mass is 79.9. The van der Waals surface area contributed by atoms with Crippen LogP contribution < -0.4 is 9.64 Å². The van der Waals surface area contributed by atoms with E-state index in [1.54, 1.807) is 6.08 Å². The van der Waals surface area contributed by atoms with E-state index in [9.17, 15) is 9.59 Å². The Morgan fingerprint density at radius 1 is 0.868 bits per heavy atom. The maximum atomic E-state index is 13.8. The van der Waals surface area contributed by atoms with Gasteiger partial charge in [0.05, 0.1) is 5.69 Å². The maximum absolute atomic E-state index is 13.8. The second-order valence-corrected chi connectivity index (χ2v) is 10.2. The molecule has 0 atom stereocenters. The number of nitrogens with zero attached hydrogens (tertiary/aromatic N) is 2. The fourth-order valence-electron chi connectivity index (χ4n) is 4.44. The summed E-state index contributed by atoms with van der Waals surface area (Å²) < 4.78 is 7.24. The van der Waals surface area contributed by atoms with Crippen LogP contribution in [0.25, 0.3) is 16.8 Å². The first-order chi connectivity index (χ1) is 18.5. The van der Waals surface area contributed by atoms with E-state index in [0.29, 0.717) is 36.6 Å². The van der Waals surface area contributed by atoms with Crippen LogP contribution in [0, 0.1) is 0 Å². The summed E-state index contributed by atoms with van der Waals surface area (Å²) >= 11 is 9.09. The van der Waals surface area contributed by atoms with Crippen LogP contribution in [-0.4, -0.2) is 28.4 Å². The van der Waals surface area contributed by atoms with Crippen molar-refractivity contribution in [3.63, 3.8) is 0 Å². The molecule has 4 aromatic carbocycles. The third kappa shape index (κ3) is 5.12. The van der Waals surface area contributed by atoms with Gasteiger partial charge in [-0.2, -0.15) is 0 Å². The van der Waals surface area contributed by atoms with Crippen LogP contribution in [0.3, 0.4) is 0 Å². The lowest BCUT2D eigenvalue weighted by Gasteiger charge is -2.36. The molecule has 0 spiro atoms. The number of ether oxygens (including phenoxy) is 1. The molecule has 5 rings (SSSR count). The van der Waals surface area contributed by atoms with Crippen LogP contribution >= 0.6 is 28.1 Å². The van der Waals surface area contributed by atoms with E-state index in [1.807, 2.05) is 97.9 Å². The molecule has 0 aliphatic carbocycles. The second-order valence-electron chi connectivity index (χ2n) is 8.89. The van der Waals surface area contributed by atoms with Crippen molar-refractivity contribution >= 4 is 67.6 Å². The van der Waals surface area contributed by atoms with E-state index in [4.69, 9.17) is 17.0 Å². The van der Waals surface area contributed by atoms with Gasteiger partial charge in [-0.15, -0.1) is 0 Å². The van der Waals surface area contributed by atoms with Crippen LogP contribution in [0.5, 0.6) is 5.75 Å². The van der Waals surface area contributed by atoms with Crippen LogP contribution in [0.2, 0.25) is 0 Å². The van der Waals surface area contributed by atoms with Crippen molar-refractivity contribution in [2.45, 2.75) is 20.0 Å². The third-order valence-electron chi connectivity index (χ3n) is 6.32. The minimum atomic E-state index is -0.453. The Morgan fingerprint density at radius 3 is 2.32 bits per heavy atom. The lowest BCUT2D eigenvalue weighted by molar-refractivity contribution is -0.127. The van der Waals surface area contributed by atoms with Crippen molar-refractivity contribution in [3.8, 4) is 5.75 Å². The molecule has 1 fully saturated rings. The van der Waals surface area contributed by atoms with Crippen molar-refractivity contribution < 1.29 is 14.3 Å².